The Balaban J connectivity index is 0.00000132. The van der Waals surface area contributed by atoms with Gasteiger partial charge in [0.05, 0.1) is 22.0 Å². The highest BCUT2D eigenvalue weighted by atomic mass is 35.5. The summed E-state index contributed by atoms with van der Waals surface area (Å²) < 4.78 is 0.582. The van der Waals surface area contributed by atoms with Crippen LogP contribution in [0.3, 0.4) is 0 Å². The van der Waals surface area contributed by atoms with Crippen molar-refractivity contribution in [1.82, 2.24) is 15.0 Å². The van der Waals surface area contributed by atoms with E-state index in [2.05, 4.69) is 20.3 Å². The number of nitrogens with one attached hydrogen (secondary N) is 1. The van der Waals surface area contributed by atoms with Crippen molar-refractivity contribution in [3.63, 3.8) is 0 Å². The number of hydrogen-bond acceptors (Lipinski definition) is 6. The fourth-order valence-electron chi connectivity index (χ4n) is 1.97. The van der Waals surface area contributed by atoms with Crippen LogP contribution in [-0.2, 0) is 0 Å². The van der Waals surface area contributed by atoms with Crippen LogP contribution < -0.4 is 5.32 Å². The lowest BCUT2D eigenvalue weighted by atomic mass is 10.2. The van der Waals surface area contributed by atoms with E-state index in [0.29, 0.717) is 10.2 Å². The normalized spacial score (nSPS) is 11.2. The lowest BCUT2D eigenvalue weighted by molar-refractivity contribution is 0.0693. The Kier molecular flexibility index (Phi) is 6.68. The zero-order chi connectivity index (χ0) is 14.8. The molecule has 9 heteroatoms. The minimum Gasteiger partial charge on any atom is -0.476 e. The number of halogens is 2. The number of carboxylic acid groups (broad SMARTS) is 1. The molecule has 0 bridgehead atoms. The van der Waals surface area contributed by atoms with Crippen molar-refractivity contribution in [2.24, 2.45) is 0 Å². The number of rotatable bonds is 4. The number of aromatic carboxylic acids is 1. The second-order valence-corrected chi connectivity index (χ2v) is 5.37. The summed E-state index contributed by atoms with van der Waals surface area (Å²) in [6, 6.07) is 7.28. The maximum Gasteiger partial charge on any atom is 0.356 e. The molecule has 1 atom stereocenters. The van der Waals surface area contributed by atoms with E-state index >= 15 is 0 Å². The smallest absolute Gasteiger partial charge is 0.356 e. The van der Waals surface area contributed by atoms with Gasteiger partial charge in [-0.3, -0.25) is 4.98 Å². The van der Waals surface area contributed by atoms with E-state index in [1.165, 1.54) is 11.3 Å². The molecule has 6 nitrogen and oxygen atoms in total. The van der Waals surface area contributed by atoms with Gasteiger partial charge in [-0.15, -0.1) is 36.2 Å². The second-order valence-electron chi connectivity index (χ2n) is 4.46. The lowest BCUT2D eigenvalue weighted by Crippen LogP contribution is -2.12. The number of thiophene rings is 1. The molecule has 0 fully saturated rings. The van der Waals surface area contributed by atoms with Crippen LogP contribution in [0.1, 0.15) is 29.1 Å². The molecule has 0 unspecified atom stereocenters. The topological polar surface area (TPSA) is 88.0 Å². The first-order chi connectivity index (χ1) is 10.1. The third kappa shape index (κ3) is 4.07. The number of pyridine rings is 1. The molecule has 3 rings (SSSR count). The molecule has 23 heavy (non-hydrogen) atoms. The highest BCUT2D eigenvalue weighted by Crippen LogP contribution is 2.24. The standard InChI is InChI=1S/C14H12N4O2S.2ClH/c1-8(9-4-2-3-6-15-9)16-14-17-10-5-7-21-12(10)11(18-14)13(19)20;;/h2-8H,1H3,(H,19,20)(H,16,17,18);2*1H/t8-;;/m0../s1. The van der Waals surface area contributed by atoms with Gasteiger partial charge in [-0.2, -0.15) is 0 Å². The van der Waals surface area contributed by atoms with Gasteiger partial charge < -0.3 is 10.4 Å². The summed E-state index contributed by atoms with van der Waals surface area (Å²) >= 11 is 1.32. The summed E-state index contributed by atoms with van der Waals surface area (Å²) in [7, 11) is 0. The van der Waals surface area contributed by atoms with Gasteiger partial charge >= 0.3 is 5.97 Å². The van der Waals surface area contributed by atoms with Crippen LogP contribution >= 0.6 is 36.2 Å². The fraction of sp³-hybridized carbons (Fsp3) is 0.143. The van der Waals surface area contributed by atoms with Crippen molar-refractivity contribution >= 4 is 58.3 Å². The first-order valence-corrected chi connectivity index (χ1v) is 7.19. The largest absolute Gasteiger partial charge is 0.476 e. The maximum atomic E-state index is 11.3. The molecule has 0 saturated heterocycles. The molecule has 0 spiro atoms. The maximum absolute atomic E-state index is 11.3. The van der Waals surface area contributed by atoms with Gasteiger partial charge in [0, 0.05) is 6.20 Å². The summed E-state index contributed by atoms with van der Waals surface area (Å²) in [4.78, 5) is 24.0. The summed E-state index contributed by atoms with van der Waals surface area (Å²) in [6.07, 6.45) is 1.71. The molecule has 3 aromatic heterocycles. The van der Waals surface area contributed by atoms with Crippen molar-refractivity contribution in [3.05, 3.63) is 47.2 Å². The monoisotopic (exact) mass is 372 g/mol. The van der Waals surface area contributed by atoms with Gasteiger partial charge in [-0.05, 0) is 30.5 Å². The van der Waals surface area contributed by atoms with Gasteiger partial charge in [0.2, 0.25) is 5.95 Å². The number of aromatic nitrogens is 3. The lowest BCUT2D eigenvalue weighted by Gasteiger charge is -2.13. The van der Waals surface area contributed by atoms with E-state index in [0.717, 1.165) is 5.69 Å². The molecule has 0 aromatic carbocycles. The van der Waals surface area contributed by atoms with E-state index in [1.54, 1.807) is 17.6 Å². The molecule has 0 aliphatic heterocycles. The molecule has 0 saturated carbocycles. The van der Waals surface area contributed by atoms with E-state index in [-0.39, 0.29) is 42.5 Å². The number of hydrogen-bond donors (Lipinski definition) is 2. The first kappa shape index (κ1) is 19.1. The van der Waals surface area contributed by atoms with Crippen molar-refractivity contribution in [1.29, 1.82) is 0 Å². The zero-order valence-corrected chi connectivity index (χ0v) is 14.4. The van der Waals surface area contributed by atoms with Crippen molar-refractivity contribution in [3.8, 4) is 0 Å². The Hall–Kier alpha value is -1.96. The second kappa shape index (κ2) is 8.05. The third-order valence-electron chi connectivity index (χ3n) is 2.98. The van der Waals surface area contributed by atoms with Crippen molar-refractivity contribution < 1.29 is 9.90 Å². The molecular weight excluding hydrogens is 359 g/mol. The van der Waals surface area contributed by atoms with E-state index in [9.17, 15) is 9.90 Å². The SMILES string of the molecule is C[C@H](Nc1nc(C(=O)O)c2sccc2n1)c1ccccn1.Cl.Cl. The number of anilines is 1. The van der Waals surface area contributed by atoms with Crippen LogP contribution in [-0.4, -0.2) is 26.0 Å². The van der Waals surface area contributed by atoms with E-state index in [1.807, 2.05) is 25.1 Å². The third-order valence-corrected chi connectivity index (χ3v) is 3.89. The van der Waals surface area contributed by atoms with Crippen LogP contribution in [0.25, 0.3) is 10.2 Å². The van der Waals surface area contributed by atoms with Gasteiger partial charge in [0.1, 0.15) is 0 Å². The molecule has 0 radical (unpaired) electrons. The molecule has 3 aromatic rings. The van der Waals surface area contributed by atoms with E-state index in [4.69, 9.17) is 0 Å². The summed E-state index contributed by atoms with van der Waals surface area (Å²) in [5.41, 5.74) is 1.48. The Morgan fingerprint density at radius 2 is 2.04 bits per heavy atom. The number of carbonyl (C=O) groups is 1. The van der Waals surface area contributed by atoms with Crippen LogP contribution in [0, 0.1) is 0 Å². The zero-order valence-electron chi connectivity index (χ0n) is 12.0. The van der Waals surface area contributed by atoms with Crippen LogP contribution in [0.4, 0.5) is 5.95 Å². The minimum absolute atomic E-state index is 0. The summed E-state index contributed by atoms with van der Waals surface area (Å²) in [6.45, 7) is 1.92. The molecule has 0 aliphatic rings. The predicted molar refractivity (Wildman–Crippen MR) is 95.1 cm³/mol. The van der Waals surface area contributed by atoms with Crippen LogP contribution in [0.2, 0.25) is 0 Å². The highest BCUT2D eigenvalue weighted by molar-refractivity contribution is 7.17. The van der Waals surface area contributed by atoms with Gasteiger partial charge in [0.15, 0.2) is 5.69 Å². The minimum atomic E-state index is -1.06. The first-order valence-electron chi connectivity index (χ1n) is 6.31. The number of nitrogens with zero attached hydrogens (tertiary/aromatic N) is 3. The van der Waals surface area contributed by atoms with Crippen LogP contribution in [0.5, 0.6) is 0 Å². The summed E-state index contributed by atoms with van der Waals surface area (Å²) in [5, 5.41) is 14.1. The summed E-state index contributed by atoms with van der Waals surface area (Å²) in [5.74, 6) is -0.769. The van der Waals surface area contributed by atoms with Gasteiger partial charge in [-0.1, -0.05) is 6.07 Å². The van der Waals surface area contributed by atoms with Gasteiger partial charge in [-0.25, -0.2) is 14.8 Å². The fourth-order valence-corrected chi connectivity index (χ4v) is 2.78. The number of carboxylic acids is 1. The van der Waals surface area contributed by atoms with Crippen molar-refractivity contribution in [2.45, 2.75) is 13.0 Å². The number of fused-ring (bicyclic) bond motifs is 1. The van der Waals surface area contributed by atoms with Crippen LogP contribution in [0.15, 0.2) is 35.8 Å². The van der Waals surface area contributed by atoms with Gasteiger partial charge in [0.25, 0.3) is 0 Å². The molecule has 0 amide bonds. The average molecular weight is 373 g/mol. The van der Waals surface area contributed by atoms with E-state index < -0.39 is 5.97 Å². The molecule has 0 aliphatic carbocycles. The Morgan fingerprint density at radius 1 is 1.26 bits per heavy atom. The Labute approximate surface area is 148 Å². The quantitative estimate of drug-likeness (QED) is 0.723. The molecular formula is C14H14Cl2N4O2S. The predicted octanol–water partition coefficient (Wildman–Crippen LogP) is 3.80. The molecule has 122 valence electrons. The highest BCUT2D eigenvalue weighted by Gasteiger charge is 2.16. The van der Waals surface area contributed by atoms with Crippen molar-refractivity contribution in [2.75, 3.05) is 5.32 Å². The molecule has 3 heterocycles. The Morgan fingerprint density at radius 3 is 2.70 bits per heavy atom. The molecule has 2 N–H and O–H groups in total. The average Bonchev–Trinajstić information content (AvgIpc) is 2.95. The Bertz CT molecular complexity index is 798.